The second-order valence-corrected chi connectivity index (χ2v) is 7.86. The van der Waals surface area contributed by atoms with Crippen molar-refractivity contribution in [2.45, 2.75) is 57.0 Å². The lowest BCUT2D eigenvalue weighted by molar-refractivity contribution is 0.197. The molecule has 1 nitrogen and oxygen atoms in total. The van der Waals surface area contributed by atoms with E-state index in [4.69, 9.17) is 0 Å². The van der Waals surface area contributed by atoms with Crippen molar-refractivity contribution in [2.75, 3.05) is 0 Å². The highest BCUT2D eigenvalue weighted by molar-refractivity contribution is 5.35. The number of benzene rings is 1. The molecule has 0 aromatic heterocycles. The highest BCUT2D eigenvalue weighted by Gasteiger charge is 2.54. The van der Waals surface area contributed by atoms with E-state index >= 15 is 0 Å². The van der Waals surface area contributed by atoms with Crippen LogP contribution in [0.2, 0.25) is 0 Å². The number of fused-ring (bicyclic) bond motifs is 6. The van der Waals surface area contributed by atoms with Gasteiger partial charge >= 0.3 is 0 Å². The summed E-state index contributed by atoms with van der Waals surface area (Å²) in [5.41, 5.74) is 2.59. The van der Waals surface area contributed by atoms with Crippen LogP contribution < -0.4 is 5.32 Å². The lowest BCUT2D eigenvalue weighted by Crippen LogP contribution is -2.40. The molecule has 3 fully saturated rings. The Bertz CT molecular complexity index is 569. The van der Waals surface area contributed by atoms with Crippen molar-refractivity contribution in [3.8, 4) is 0 Å². The first kappa shape index (κ1) is 12.6. The average molecular weight is 285 g/mol. The maximum absolute atomic E-state index is 13.3. The van der Waals surface area contributed by atoms with Crippen LogP contribution in [0.25, 0.3) is 0 Å². The summed E-state index contributed by atoms with van der Waals surface area (Å²) in [6.45, 7) is 0. The molecular weight excluding hydrogens is 261 g/mol. The van der Waals surface area contributed by atoms with Gasteiger partial charge in [0.25, 0.3) is 0 Å². The molecule has 112 valence electrons. The zero-order chi connectivity index (χ0) is 14.0. The third-order valence-electron chi connectivity index (χ3n) is 7.03. The van der Waals surface area contributed by atoms with Gasteiger partial charge in [-0.3, -0.25) is 0 Å². The molecular formula is C19H24FN. The molecule has 0 aliphatic heterocycles. The maximum atomic E-state index is 13.3. The topological polar surface area (TPSA) is 12.0 Å². The van der Waals surface area contributed by atoms with Crippen LogP contribution in [-0.4, -0.2) is 6.04 Å². The van der Waals surface area contributed by atoms with Gasteiger partial charge in [-0.05, 0) is 85.5 Å². The van der Waals surface area contributed by atoms with Gasteiger partial charge in [0.05, 0.1) is 0 Å². The van der Waals surface area contributed by atoms with Crippen LogP contribution in [-0.2, 0) is 6.42 Å². The Morgan fingerprint density at radius 1 is 1.00 bits per heavy atom. The zero-order valence-electron chi connectivity index (χ0n) is 12.5. The van der Waals surface area contributed by atoms with E-state index in [0.717, 1.165) is 42.6 Å². The Hall–Kier alpha value is -0.890. The van der Waals surface area contributed by atoms with Crippen molar-refractivity contribution in [1.29, 1.82) is 0 Å². The summed E-state index contributed by atoms with van der Waals surface area (Å²) in [5, 5.41) is 3.98. The molecule has 1 aromatic carbocycles. The first-order chi connectivity index (χ1) is 10.3. The summed E-state index contributed by atoms with van der Waals surface area (Å²) in [6, 6.07) is 6.60. The van der Waals surface area contributed by atoms with Gasteiger partial charge in [-0.25, -0.2) is 4.39 Å². The molecule has 0 spiro atoms. The van der Waals surface area contributed by atoms with Gasteiger partial charge in [0.2, 0.25) is 0 Å². The van der Waals surface area contributed by atoms with Crippen LogP contribution in [0.3, 0.4) is 0 Å². The van der Waals surface area contributed by atoms with Crippen molar-refractivity contribution in [3.05, 3.63) is 35.1 Å². The van der Waals surface area contributed by atoms with Crippen molar-refractivity contribution >= 4 is 0 Å². The zero-order valence-corrected chi connectivity index (χ0v) is 12.5. The highest BCUT2D eigenvalue weighted by atomic mass is 19.1. The third-order valence-corrected chi connectivity index (χ3v) is 7.03. The van der Waals surface area contributed by atoms with E-state index < -0.39 is 0 Å². The summed E-state index contributed by atoms with van der Waals surface area (Å²) < 4.78 is 13.3. The fourth-order valence-electron chi connectivity index (χ4n) is 6.28. The number of halogens is 1. The van der Waals surface area contributed by atoms with Crippen LogP contribution >= 0.6 is 0 Å². The van der Waals surface area contributed by atoms with Gasteiger partial charge < -0.3 is 5.32 Å². The molecule has 0 heterocycles. The SMILES string of the molecule is Fc1ccc2c(c1)CCC2NC1CC2CC1C1CCCC21. The number of hydrogen-bond donors (Lipinski definition) is 1. The van der Waals surface area contributed by atoms with Crippen molar-refractivity contribution in [3.63, 3.8) is 0 Å². The van der Waals surface area contributed by atoms with Gasteiger partial charge in [-0.1, -0.05) is 12.5 Å². The lowest BCUT2D eigenvalue weighted by atomic mass is 9.79. The molecule has 1 aromatic rings. The minimum Gasteiger partial charge on any atom is -0.307 e. The third kappa shape index (κ3) is 1.84. The monoisotopic (exact) mass is 285 g/mol. The average Bonchev–Trinajstić information content (AvgIpc) is 3.19. The molecule has 1 N–H and O–H groups in total. The van der Waals surface area contributed by atoms with Crippen molar-refractivity contribution < 1.29 is 4.39 Å². The Morgan fingerprint density at radius 2 is 1.90 bits per heavy atom. The summed E-state index contributed by atoms with van der Waals surface area (Å²) in [7, 11) is 0. The Balaban J connectivity index is 1.34. The molecule has 4 aliphatic rings. The summed E-state index contributed by atoms with van der Waals surface area (Å²) in [4.78, 5) is 0. The van der Waals surface area contributed by atoms with Gasteiger partial charge in [0, 0.05) is 12.1 Å². The molecule has 0 saturated heterocycles. The van der Waals surface area contributed by atoms with Gasteiger partial charge in [0.15, 0.2) is 0 Å². The Kier molecular flexibility index (Phi) is 2.74. The minimum absolute atomic E-state index is 0.0804. The van der Waals surface area contributed by atoms with Crippen LogP contribution in [0, 0.1) is 29.5 Å². The largest absolute Gasteiger partial charge is 0.307 e. The number of aryl methyl sites for hydroxylation is 1. The molecule has 6 unspecified atom stereocenters. The molecule has 2 bridgehead atoms. The molecule has 6 atom stereocenters. The number of hydrogen-bond acceptors (Lipinski definition) is 1. The first-order valence-corrected chi connectivity index (χ1v) is 8.84. The van der Waals surface area contributed by atoms with E-state index in [1.54, 1.807) is 12.1 Å². The van der Waals surface area contributed by atoms with Gasteiger partial charge in [0.1, 0.15) is 5.82 Å². The summed E-state index contributed by atoms with van der Waals surface area (Å²) in [5.74, 6) is 3.96. The molecule has 21 heavy (non-hydrogen) atoms. The predicted octanol–water partition coefficient (Wildman–Crippen LogP) is 4.23. The second-order valence-electron chi connectivity index (χ2n) is 7.86. The second kappa shape index (κ2) is 4.55. The fraction of sp³-hybridized carbons (Fsp3) is 0.684. The minimum atomic E-state index is -0.0804. The fourth-order valence-corrected chi connectivity index (χ4v) is 6.28. The van der Waals surface area contributed by atoms with Crippen molar-refractivity contribution in [1.82, 2.24) is 5.32 Å². The quantitative estimate of drug-likeness (QED) is 0.857. The van der Waals surface area contributed by atoms with E-state index in [1.807, 2.05) is 6.07 Å². The molecule has 2 heteroatoms. The Labute approximate surface area is 126 Å². The predicted molar refractivity (Wildman–Crippen MR) is 81.4 cm³/mol. The van der Waals surface area contributed by atoms with E-state index in [1.165, 1.54) is 43.2 Å². The van der Waals surface area contributed by atoms with Crippen LogP contribution in [0.15, 0.2) is 18.2 Å². The van der Waals surface area contributed by atoms with E-state index in [0.29, 0.717) is 6.04 Å². The van der Waals surface area contributed by atoms with Crippen molar-refractivity contribution in [2.24, 2.45) is 23.7 Å². The summed E-state index contributed by atoms with van der Waals surface area (Å²) >= 11 is 0. The standard InChI is InChI=1S/C19H24FN/c20-13-5-6-15-11(8-13)4-7-18(15)21-19-10-12-9-17(19)16-3-1-2-14(12)16/h5-6,8,12,14,16-19,21H,1-4,7,9-10H2. The first-order valence-electron chi connectivity index (χ1n) is 8.84. The molecule has 3 saturated carbocycles. The van der Waals surface area contributed by atoms with E-state index in [9.17, 15) is 4.39 Å². The van der Waals surface area contributed by atoms with Crippen LogP contribution in [0.4, 0.5) is 4.39 Å². The summed E-state index contributed by atoms with van der Waals surface area (Å²) in [6.07, 6.45) is 9.54. The normalized spacial score (nSPS) is 43.3. The highest BCUT2D eigenvalue weighted by Crippen LogP contribution is 2.59. The molecule has 0 radical (unpaired) electrons. The van der Waals surface area contributed by atoms with E-state index in [-0.39, 0.29) is 5.82 Å². The smallest absolute Gasteiger partial charge is 0.123 e. The van der Waals surface area contributed by atoms with E-state index in [2.05, 4.69) is 5.32 Å². The number of nitrogens with one attached hydrogen (secondary N) is 1. The molecule has 4 aliphatic carbocycles. The number of rotatable bonds is 2. The lowest BCUT2D eigenvalue weighted by Gasteiger charge is -2.34. The molecule has 0 amide bonds. The molecule has 5 rings (SSSR count). The van der Waals surface area contributed by atoms with Gasteiger partial charge in [-0.15, -0.1) is 0 Å². The van der Waals surface area contributed by atoms with Crippen LogP contribution in [0.1, 0.15) is 55.7 Å². The van der Waals surface area contributed by atoms with Gasteiger partial charge in [-0.2, -0.15) is 0 Å². The Morgan fingerprint density at radius 3 is 2.86 bits per heavy atom. The van der Waals surface area contributed by atoms with Crippen LogP contribution in [0.5, 0.6) is 0 Å². The maximum Gasteiger partial charge on any atom is 0.123 e.